The van der Waals surface area contributed by atoms with E-state index in [0.717, 1.165) is 22.4 Å². The van der Waals surface area contributed by atoms with E-state index in [1.165, 1.54) is 11.8 Å². The molecule has 0 N–H and O–H groups in total. The molecule has 0 fully saturated rings. The first-order valence-corrected chi connectivity index (χ1v) is 10.8. The van der Waals surface area contributed by atoms with E-state index in [1.54, 1.807) is 10.7 Å². The van der Waals surface area contributed by atoms with Crippen LogP contribution in [0.25, 0.3) is 5.69 Å². The normalized spacial score (nSPS) is 11.7. The van der Waals surface area contributed by atoms with Crippen LogP contribution in [-0.2, 0) is 9.84 Å². The highest BCUT2D eigenvalue weighted by Gasteiger charge is 2.18. The van der Waals surface area contributed by atoms with Crippen molar-refractivity contribution in [1.82, 2.24) is 20.2 Å². The zero-order valence-electron chi connectivity index (χ0n) is 14.9. The van der Waals surface area contributed by atoms with Gasteiger partial charge < -0.3 is 0 Å². The maximum Gasteiger partial charge on any atom is 0.214 e. The number of hydrogen-bond acceptors (Lipinski definition) is 6. The lowest BCUT2D eigenvalue weighted by Gasteiger charge is -2.09. The number of nitrogens with zero attached hydrogens (tertiary/aromatic N) is 4. The molecule has 0 unspecified atom stereocenters. The molecule has 0 bridgehead atoms. The molecule has 8 heteroatoms. The van der Waals surface area contributed by atoms with Gasteiger partial charge in [0.05, 0.1) is 16.3 Å². The van der Waals surface area contributed by atoms with Crippen LogP contribution in [-0.4, -0.2) is 40.1 Å². The summed E-state index contributed by atoms with van der Waals surface area (Å²) < 4.78 is 27.0. The molecular formula is C18H20N4O2S2. The third-order valence-corrected chi connectivity index (χ3v) is 6.98. The molecule has 0 aliphatic rings. The number of aryl methyl sites for hydroxylation is 3. The summed E-state index contributed by atoms with van der Waals surface area (Å²) in [4.78, 5) is 0.399. The largest absolute Gasteiger partial charge is 0.224 e. The molecule has 0 saturated carbocycles. The zero-order chi connectivity index (χ0) is 18.7. The molecule has 6 nitrogen and oxygen atoms in total. The first-order chi connectivity index (χ1) is 12.4. The highest BCUT2D eigenvalue weighted by atomic mass is 32.2. The lowest BCUT2D eigenvalue weighted by Crippen LogP contribution is -2.11. The third kappa shape index (κ3) is 4.13. The molecule has 0 radical (unpaired) electrons. The van der Waals surface area contributed by atoms with Crippen LogP contribution in [0.5, 0.6) is 0 Å². The van der Waals surface area contributed by atoms with E-state index in [1.807, 2.05) is 57.2 Å². The monoisotopic (exact) mass is 388 g/mol. The fraction of sp³-hybridized carbons (Fsp3) is 0.278. The molecule has 26 heavy (non-hydrogen) atoms. The van der Waals surface area contributed by atoms with Crippen LogP contribution in [0.15, 0.2) is 52.5 Å². The van der Waals surface area contributed by atoms with Gasteiger partial charge in [0.1, 0.15) is 0 Å². The Morgan fingerprint density at radius 2 is 1.81 bits per heavy atom. The van der Waals surface area contributed by atoms with Gasteiger partial charge in [0.2, 0.25) is 5.16 Å². The molecule has 0 amide bonds. The van der Waals surface area contributed by atoms with E-state index >= 15 is 0 Å². The standard InChI is InChI=1S/C18H20N4O2S2/c1-13-5-4-6-16(11-13)22-18(19-20-21-22)25-9-10-26(23,24)17-12-14(2)7-8-15(17)3/h4-8,11-12H,9-10H2,1-3H3. The van der Waals surface area contributed by atoms with E-state index in [-0.39, 0.29) is 5.75 Å². The van der Waals surface area contributed by atoms with Gasteiger partial charge in [0, 0.05) is 5.75 Å². The van der Waals surface area contributed by atoms with Gasteiger partial charge in [-0.1, -0.05) is 36.0 Å². The van der Waals surface area contributed by atoms with Crippen molar-refractivity contribution in [3.63, 3.8) is 0 Å². The lowest BCUT2D eigenvalue weighted by atomic mass is 10.2. The van der Waals surface area contributed by atoms with Crippen molar-refractivity contribution in [3.8, 4) is 5.69 Å². The number of hydrogen-bond donors (Lipinski definition) is 0. The molecule has 1 aromatic heterocycles. The second-order valence-electron chi connectivity index (χ2n) is 6.15. The van der Waals surface area contributed by atoms with Gasteiger partial charge in [-0.05, 0) is 66.1 Å². The van der Waals surface area contributed by atoms with Crippen LogP contribution in [0, 0.1) is 20.8 Å². The van der Waals surface area contributed by atoms with Crippen LogP contribution >= 0.6 is 11.8 Å². The Morgan fingerprint density at radius 1 is 1.04 bits per heavy atom. The lowest BCUT2D eigenvalue weighted by molar-refractivity contribution is 0.597. The first kappa shape index (κ1) is 18.6. The van der Waals surface area contributed by atoms with Crippen molar-refractivity contribution in [2.45, 2.75) is 30.8 Å². The summed E-state index contributed by atoms with van der Waals surface area (Å²) in [6.45, 7) is 5.71. The average molecular weight is 389 g/mol. The molecule has 0 atom stereocenters. The number of thioether (sulfide) groups is 1. The summed E-state index contributed by atoms with van der Waals surface area (Å²) in [6, 6.07) is 13.3. The number of aromatic nitrogens is 4. The van der Waals surface area contributed by atoms with Gasteiger partial charge in [-0.15, -0.1) is 5.10 Å². The minimum atomic E-state index is -3.35. The van der Waals surface area contributed by atoms with Crippen LogP contribution in [0.3, 0.4) is 0 Å². The Kier molecular flexibility index (Phi) is 5.43. The number of tetrazole rings is 1. The summed E-state index contributed by atoms with van der Waals surface area (Å²) in [5, 5.41) is 12.3. The first-order valence-electron chi connectivity index (χ1n) is 8.15. The van der Waals surface area contributed by atoms with Crippen LogP contribution in [0.2, 0.25) is 0 Å². The summed E-state index contributed by atoms with van der Waals surface area (Å²) in [6.07, 6.45) is 0. The van der Waals surface area contributed by atoms with Gasteiger partial charge in [-0.25, -0.2) is 8.42 Å². The molecule has 2 aromatic carbocycles. The molecular weight excluding hydrogens is 368 g/mol. The Balaban J connectivity index is 1.73. The van der Waals surface area contributed by atoms with E-state index in [0.29, 0.717) is 15.8 Å². The quantitative estimate of drug-likeness (QED) is 0.604. The van der Waals surface area contributed by atoms with Crippen molar-refractivity contribution in [1.29, 1.82) is 0 Å². The molecule has 0 aliphatic carbocycles. The predicted octanol–water partition coefficient (Wildman–Crippen LogP) is 3.15. The van der Waals surface area contributed by atoms with Crippen LogP contribution in [0.4, 0.5) is 0 Å². The zero-order valence-corrected chi connectivity index (χ0v) is 16.5. The molecule has 1 heterocycles. The predicted molar refractivity (Wildman–Crippen MR) is 103 cm³/mol. The van der Waals surface area contributed by atoms with Crippen molar-refractivity contribution >= 4 is 21.6 Å². The molecule has 3 rings (SSSR count). The van der Waals surface area contributed by atoms with E-state index < -0.39 is 9.84 Å². The summed E-state index contributed by atoms with van der Waals surface area (Å²) in [5.41, 5.74) is 3.66. The van der Waals surface area contributed by atoms with Crippen molar-refractivity contribution < 1.29 is 8.42 Å². The summed E-state index contributed by atoms with van der Waals surface area (Å²) in [5.74, 6) is 0.407. The van der Waals surface area contributed by atoms with E-state index in [4.69, 9.17) is 0 Å². The van der Waals surface area contributed by atoms with Crippen molar-refractivity contribution in [3.05, 3.63) is 59.2 Å². The second kappa shape index (κ2) is 7.59. The molecule has 3 aromatic rings. The van der Waals surface area contributed by atoms with E-state index in [9.17, 15) is 8.42 Å². The van der Waals surface area contributed by atoms with Gasteiger partial charge in [0.15, 0.2) is 9.84 Å². The maximum atomic E-state index is 12.7. The van der Waals surface area contributed by atoms with Crippen LogP contribution < -0.4 is 0 Å². The van der Waals surface area contributed by atoms with E-state index in [2.05, 4.69) is 15.5 Å². The molecule has 0 spiro atoms. The second-order valence-corrected chi connectivity index (χ2v) is 9.29. The Morgan fingerprint density at radius 3 is 2.58 bits per heavy atom. The van der Waals surface area contributed by atoms with Gasteiger partial charge >= 0.3 is 0 Å². The molecule has 0 aliphatic heterocycles. The Bertz CT molecular complexity index is 1030. The fourth-order valence-electron chi connectivity index (χ4n) is 2.59. The highest BCUT2D eigenvalue weighted by molar-refractivity contribution is 8.00. The topological polar surface area (TPSA) is 77.7 Å². The Hall–Kier alpha value is -2.19. The third-order valence-electron chi connectivity index (χ3n) is 3.95. The number of sulfone groups is 1. The maximum absolute atomic E-state index is 12.7. The molecule has 136 valence electrons. The van der Waals surface area contributed by atoms with Gasteiger partial charge in [-0.2, -0.15) is 4.68 Å². The van der Waals surface area contributed by atoms with Crippen molar-refractivity contribution in [2.75, 3.05) is 11.5 Å². The molecule has 0 saturated heterocycles. The van der Waals surface area contributed by atoms with Gasteiger partial charge in [-0.3, -0.25) is 0 Å². The Labute approximate surface area is 157 Å². The van der Waals surface area contributed by atoms with Crippen LogP contribution in [0.1, 0.15) is 16.7 Å². The number of benzene rings is 2. The summed E-state index contributed by atoms with van der Waals surface area (Å²) in [7, 11) is -3.35. The van der Waals surface area contributed by atoms with Crippen molar-refractivity contribution in [2.24, 2.45) is 0 Å². The fourth-order valence-corrected chi connectivity index (χ4v) is 5.48. The minimum Gasteiger partial charge on any atom is -0.224 e. The average Bonchev–Trinajstić information content (AvgIpc) is 3.05. The SMILES string of the molecule is Cc1cccc(-n2nnnc2SCCS(=O)(=O)c2cc(C)ccc2C)c1. The smallest absolute Gasteiger partial charge is 0.214 e. The number of rotatable bonds is 6. The summed E-state index contributed by atoms with van der Waals surface area (Å²) >= 11 is 1.33. The minimum absolute atomic E-state index is 0.0304. The van der Waals surface area contributed by atoms with Gasteiger partial charge in [0.25, 0.3) is 0 Å². The highest BCUT2D eigenvalue weighted by Crippen LogP contribution is 2.22.